The van der Waals surface area contributed by atoms with Crippen molar-refractivity contribution in [1.29, 1.82) is 0 Å². The quantitative estimate of drug-likeness (QED) is 0.774. The molecular formula is C14H28N2. The number of likely N-dealkylation sites (tertiary alicyclic amines) is 1. The first-order valence-corrected chi connectivity index (χ1v) is 7.11. The average molecular weight is 224 g/mol. The van der Waals surface area contributed by atoms with Crippen LogP contribution in [0.25, 0.3) is 0 Å². The van der Waals surface area contributed by atoms with Gasteiger partial charge in [0.25, 0.3) is 0 Å². The smallest absolute Gasteiger partial charge is 0.0197 e. The number of rotatable bonds is 2. The second-order valence-electron chi connectivity index (χ2n) is 6.28. The molecule has 0 aromatic rings. The summed E-state index contributed by atoms with van der Waals surface area (Å²) in [5.74, 6) is 2.73. The second-order valence-corrected chi connectivity index (χ2v) is 6.28. The molecular weight excluding hydrogens is 196 g/mol. The minimum atomic E-state index is 0.754. The molecule has 0 aliphatic carbocycles. The highest BCUT2D eigenvalue weighted by Gasteiger charge is 2.26. The lowest BCUT2D eigenvalue weighted by Crippen LogP contribution is -2.49. The van der Waals surface area contributed by atoms with E-state index in [1.807, 2.05) is 0 Å². The Balaban J connectivity index is 1.76. The third kappa shape index (κ3) is 3.21. The molecule has 2 aliphatic heterocycles. The zero-order chi connectivity index (χ0) is 11.5. The Hall–Kier alpha value is -0.0800. The fourth-order valence-electron chi connectivity index (χ4n) is 3.19. The molecule has 94 valence electrons. The van der Waals surface area contributed by atoms with Crippen LogP contribution in [0.5, 0.6) is 0 Å². The Morgan fingerprint density at radius 2 is 1.94 bits per heavy atom. The van der Waals surface area contributed by atoms with E-state index in [0.29, 0.717) is 0 Å². The molecule has 16 heavy (non-hydrogen) atoms. The van der Waals surface area contributed by atoms with Crippen molar-refractivity contribution in [3.8, 4) is 0 Å². The molecule has 0 amide bonds. The first-order valence-electron chi connectivity index (χ1n) is 7.11. The lowest BCUT2D eigenvalue weighted by molar-refractivity contribution is 0.117. The topological polar surface area (TPSA) is 15.3 Å². The Morgan fingerprint density at radius 1 is 1.12 bits per heavy atom. The van der Waals surface area contributed by atoms with Gasteiger partial charge in [-0.3, -0.25) is 0 Å². The summed E-state index contributed by atoms with van der Waals surface area (Å²) < 4.78 is 0. The van der Waals surface area contributed by atoms with Crippen molar-refractivity contribution in [2.75, 3.05) is 26.2 Å². The summed E-state index contributed by atoms with van der Waals surface area (Å²) in [6, 6.07) is 0.754. The number of piperidine rings is 2. The minimum Gasteiger partial charge on any atom is -0.313 e. The summed E-state index contributed by atoms with van der Waals surface area (Å²) in [6.45, 7) is 12.4. The summed E-state index contributed by atoms with van der Waals surface area (Å²) in [4.78, 5) is 2.68. The predicted molar refractivity (Wildman–Crippen MR) is 69.6 cm³/mol. The summed E-state index contributed by atoms with van der Waals surface area (Å²) in [5, 5.41) is 3.68. The van der Waals surface area contributed by atoms with Crippen LogP contribution in [0.15, 0.2) is 0 Å². The Kier molecular flexibility index (Phi) is 4.26. The third-order valence-electron chi connectivity index (χ3n) is 4.65. The highest BCUT2D eigenvalue weighted by Crippen LogP contribution is 2.23. The van der Waals surface area contributed by atoms with Gasteiger partial charge in [-0.25, -0.2) is 0 Å². The molecule has 4 atom stereocenters. The van der Waals surface area contributed by atoms with Crippen LogP contribution in [0.4, 0.5) is 0 Å². The molecule has 2 heteroatoms. The van der Waals surface area contributed by atoms with Gasteiger partial charge in [-0.2, -0.15) is 0 Å². The molecule has 0 aromatic carbocycles. The van der Waals surface area contributed by atoms with Crippen molar-refractivity contribution in [2.45, 2.75) is 46.1 Å². The van der Waals surface area contributed by atoms with Crippen LogP contribution < -0.4 is 5.32 Å². The van der Waals surface area contributed by atoms with E-state index in [1.54, 1.807) is 0 Å². The van der Waals surface area contributed by atoms with Gasteiger partial charge < -0.3 is 10.2 Å². The van der Waals surface area contributed by atoms with Crippen LogP contribution >= 0.6 is 0 Å². The van der Waals surface area contributed by atoms with Crippen LogP contribution in [0.3, 0.4) is 0 Å². The largest absolute Gasteiger partial charge is 0.313 e. The third-order valence-corrected chi connectivity index (χ3v) is 4.65. The molecule has 2 rings (SSSR count). The molecule has 0 spiro atoms. The zero-order valence-corrected chi connectivity index (χ0v) is 11.2. The van der Waals surface area contributed by atoms with Crippen LogP contribution in [0.2, 0.25) is 0 Å². The second kappa shape index (κ2) is 5.50. The average Bonchev–Trinajstić information content (AvgIpc) is 2.24. The lowest BCUT2D eigenvalue weighted by Gasteiger charge is -2.39. The van der Waals surface area contributed by atoms with E-state index in [4.69, 9.17) is 0 Å². The van der Waals surface area contributed by atoms with Crippen LogP contribution in [-0.2, 0) is 0 Å². The van der Waals surface area contributed by atoms with E-state index >= 15 is 0 Å². The first kappa shape index (κ1) is 12.4. The summed E-state index contributed by atoms with van der Waals surface area (Å²) in [5.41, 5.74) is 0. The molecule has 2 heterocycles. The van der Waals surface area contributed by atoms with E-state index in [9.17, 15) is 0 Å². The predicted octanol–water partition coefficient (Wildman–Crippen LogP) is 2.35. The fourth-order valence-corrected chi connectivity index (χ4v) is 3.19. The Morgan fingerprint density at radius 3 is 2.62 bits per heavy atom. The highest BCUT2D eigenvalue weighted by molar-refractivity contribution is 4.82. The summed E-state index contributed by atoms with van der Waals surface area (Å²) >= 11 is 0. The molecule has 0 radical (unpaired) electrons. The summed E-state index contributed by atoms with van der Waals surface area (Å²) in [7, 11) is 0. The SMILES string of the molecule is CC1CCNC(CN2CCC(C)C(C)C2)C1. The van der Waals surface area contributed by atoms with Crippen molar-refractivity contribution in [3.63, 3.8) is 0 Å². The Labute approximate surface area is 101 Å². The number of hydrogen-bond donors (Lipinski definition) is 1. The minimum absolute atomic E-state index is 0.754. The van der Waals surface area contributed by atoms with Crippen LogP contribution in [-0.4, -0.2) is 37.1 Å². The standard InChI is InChI=1S/C14H28N2/c1-11-4-6-15-14(8-11)10-16-7-5-12(2)13(3)9-16/h11-15H,4-10H2,1-3H3. The molecule has 0 aromatic heterocycles. The normalized spacial score (nSPS) is 42.2. The van der Waals surface area contributed by atoms with Gasteiger partial charge in [-0.15, -0.1) is 0 Å². The van der Waals surface area contributed by atoms with Gasteiger partial charge >= 0.3 is 0 Å². The van der Waals surface area contributed by atoms with Crippen LogP contribution in [0, 0.1) is 17.8 Å². The molecule has 0 bridgehead atoms. The van der Waals surface area contributed by atoms with Crippen molar-refractivity contribution < 1.29 is 0 Å². The van der Waals surface area contributed by atoms with Crippen molar-refractivity contribution >= 4 is 0 Å². The first-order chi connectivity index (χ1) is 7.65. The number of nitrogens with zero attached hydrogens (tertiary/aromatic N) is 1. The van der Waals surface area contributed by atoms with E-state index in [-0.39, 0.29) is 0 Å². The lowest BCUT2D eigenvalue weighted by atomic mass is 9.87. The van der Waals surface area contributed by atoms with Gasteiger partial charge in [-0.1, -0.05) is 20.8 Å². The van der Waals surface area contributed by atoms with E-state index in [0.717, 1.165) is 23.8 Å². The fraction of sp³-hybridized carbons (Fsp3) is 1.00. The van der Waals surface area contributed by atoms with Crippen LogP contribution in [0.1, 0.15) is 40.0 Å². The highest BCUT2D eigenvalue weighted by atomic mass is 15.2. The van der Waals surface area contributed by atoms with Crippen molar-refractivity contribution in [3.05, 3.63) is 0 Å². The van der Waals surface area contributed by atoms with Crippen molar-refractivity contribution in [2.24, 2.45) is 17.8 Å². The molecule has 0 saturated carbocycles. The zero-order valence-electron chi connectivity index (χ0n) is 11.2. The van der Waals surface area contributed by atoms with Gasteiger partial charge in [-0.05, 0) is 50.1 Å². The van der Waals surface area contributed by atoms with E-state index in [1.165, 1.54) is 45.4 Å². The van der Waals surface area contributed by atoms with E-state index in [2.05, 4.69) is 31.0 Å². The number of nitrogens with one attached hydrogen (secondary N) is 1. The summed E-state index contributed by atoms with van der Waals surface area (Å²) in [6.07, 6.45) is 4.13. The maximum atomic E-state index is 3.68. The Bertz CT molecular complexity index is 217. The van der Waals surface area contributed by atoms with E-state index < -0.39 is 0 Å². The number of hydrogen-bond acceptors (Lipinski definition) is 2. The maximum Gasteiger partial charge on any atom is 0.0197 e. The monoisotopic (exact) mass is 224 g/mol. The van der Waals surface area contributed by atoms with Gasteiger partial charge in [0.15, 0.2) is 0 Å². The molecule has 2 aliphatic rings. The molecule has 2 nitrogen and oxygen atoms in total. The van der Waals surface area contributed by atoms with Gasteiger partial charge in [0.2, 0.25) is 0 Å². The van der Waals surface area contributed by atoms with Gasteiger partial charge in [0, 0.05) is 19.1 Å². The molecule has 2 saturated heterocycles. The molecule has 4 unspecified atom stereocenters. The molecule has 2 fully saturated rings. The molecule has 1 N–H and O–H groups in total. The maximum absolute atomic E-state index is 3.68. The van der Waals surface area contributed by atoms with Gasteiger partial charge in [0.05, 0.1) is 0 Å². The van der Waals surface area contributed by atoms with Gasteiger partial charge in [0.1, 0.15) is 0 Å². The van der Waals surface area contributed by atoms with Crippen molar-refractivity contribution in [1.82, 2.24) is 10.2 Å².